The average molecular weight is 267 g/mol. The summed E-state index contributed by atoms with van der Waals surface area (Å²) in [5, 5.41) is 8.44. The van der Waals surface area contributed by atoms with E-state index in [2.05, 4.69) is 9.72 Å². The second-order valence-electron chi connectivity index (χ2n) is 3.09. The Kier molecular flexibility index (Phi) is 3.90. The summed E-state index contributed by atoms with van der Waals surface area (Å²) in [6.07, 6.45) is -8.53. The topological polar surface area (TPSA) is 71.9 Å². The lowest BCUT2D eigenvalue weighted by Crippen LogP contribution is -2.20. The monoisotopic (exact) mass is 267 g/mol. The minimum Gasteiger partial charge on any atom is -0.405 e. The summed E-state index contributed by atoms with van der Waals surface area (Å²) in [6, 6.07) is 1.50. The summed E-state index contributed by atoms with van der Waals surface area (Å²) in [4.78, 5) is 3.31. The van der Waals surface area contributed by atoms with Crippen LogP contribution in [-0.4, -0.2) is 11.3 Å². The summed E-state index contributed by atoms with van der Waals surface area (Å²) in [5.41, 5.74) is 3.67. The van der Waals surface area contributed by atoms with Gasteiger partial charge in [-0.3, -0.25) is 0 Å². The molecule has 1 aromatic rings. The quantitative estimate of drug-likeness (QED) is 0.854. The molecule has 1 rings (SSSR count). The summed E-state index contributed by atoms with van der Waals surface area (Å²) >= 11 is 0. The second-order valence-corrected chi connectivity index (χ2v) is 3.09. The van der Waals surface area contributed by atoms with Crippen LogP contribution >= 0.6 is 0 Å². The number of pyridine rings is 1. The molecule has 9 heteroatoms. The smallest absolute Gasteiger partial charge is 0.405 e. The molecule has 18 heavy (non-hydrogen) atoms. The van der Waals surface area contributed by atoms with Crippen LogP contribution in [0.1, 0.15) is 17.6 Å². The maximum atomic E-state index is 12.5. The summed E-state index contributed by atoms with van der Waals surface area (Å²) in [6.45, 7) is 0. The summed E-state index contributed by atoms with van der Waals surface area (Å²) in [5.74, 6) is -1.62. The fourth-order valence-electron chi connectivity index (χ4n) is 1.21. The van der Waals surface area contributed by atoms with E-state index in [-0.39, 0.29) is 0 Å². The predicted octanol–water partition coefficient (Wildman–Crippen LogP) is 2.57. The molecule has 0 bridgehead atoms. The van der Waals surface area contributed by atoms with E-state index in [1.165, 1.54) is 6.07 Å². The van der Waals surface area contributed by atoms with Crippen molar-refractivity contribution in [1.82, 2.24) is 4.98 Å². The van der Waals surface area contributed by atoms with E-state index < -0.39 is 41.9 Å². The molecule has 0 aromatic carbocycles. The largest absolute Gasteiger partial charge is 0.573 e. The van der Waals surface area contributed by atoms with Crippen molar-refractivity contribution in [2.45, 2.75) is 19.2 Å². The maximum Gasteiger partial charge on any atom is 0.573 e. The number of hydrogen-bond donors (Lipinski definition) is 1. The third-order valence-electron chi connectivity index (χ3n) is 1.90. The fourth-order valence-corrected chi connectivity index (χ4v) is 1.21. The van der Waals surface area contributed by atoms with Crippen LogP contribution in [0, 0.1) is 11.3 Å². The van der Waals surface area contributed by atoms with Crippen molar-refractivity contribution in [3.05, 3.63) is 17.3 Å². The van der Waals surface area contributed by atoms with Crippen molar-refractivity contribution >= 4 is 5.82 Å². The van der Waals surface area contributed by atoms with Gasteiger partial charge in [-0.15, -0.1) is 13.2 Å². The lowest BCUT2D eigenvalue weighted by atomic mass is 10.1. The molecule has 0 fully saturated rings. The molecule has 0 aliphatic carbocycles. The SMILES string of the molecule is N#CCc1c(N)ncc(C(F)F)c1OC(F)(F)F. The van der Waals surface area contributed by atoms with Crippen LogP contribution in [0.5, 0.6) is 5.75 Å². The Morgan fingerprint density at radius 3 is 2.50 bits per heavy atom. The molecule has 0 atom stereocenters. The van der Waals surface area contributed by atoms with Gasteiger partial charge in [0.05, 0.1) is 23.6 Å². The first-order valence-corrected chi connectivity index (χ1v) is 4.44. The highest BCUT2D eigenvalue weighted by molar-refractivity contribution is 5.54. The van der Waals surface area contributed by atoms with Crippen LogP contribution in [0.3, 0.4) is 0 Å². The Bertz CT molecular complexity index is 480. The van der Waals surface area contributed by atoms with Crippen LogP contribution in [0.4, 0.5) is 27.8 Å². The van der Waals surface area contributed by atoms with Crippen LogP contribution < -0.4 is 10.5 Å². The minimum atomic E-state index is -5.17. The highest BCUT2D eigenvalue weighted by Crippen LogP contribution is 2.37. The zero-order valence-electron chi connectivity index (χ0n) is 8.63. The lowest BCUT2D eigenvalue weighted by Gasteiger charge is -2.16. The molecule has 0 saturated carbocycles. The van der Waals surface area contributed by atoms with Gasteiger partial charge in [-0.2, -0.15) is 5.26 Å². The summed E-state index contributed by atoms with van der Waals surface area (Å²) in [7, 11) is 0. The number of nitrogens with zero attached hydrogens (tertiary/aromatic N) is 2. The van der Waals surface area contributed by atoms with Crippen molar-refractivity contribution in [2.75, 3.05) is 5.73 Å². The normalized spacial score (nSPS) is 11.4. The molecular formula is C9H6F5N3O. The summed E-state index contributed by atoms with van der Waals surface area (Å²) < 4.78 is 65.0. The van der Waals surface area contributed by atoms with Gasteiger partial charge in [0, 0.05) is 6.20 Å². The molecule has 98 valence electrons. The van der Waals surface area contributed by atoms with Crippen molar-refractivity contribution in [1.29, 1.82) is 5.26 Å². The number of anilines is 1. The molecule has 1 heterocycles. The number of halogens is 5. The predicted molar refractivity (Wildman–Crippen MR) is 49.6 cm³/mol. The molecule has 0 saturated heterocycles. The Morgan fingerprint density at radius 2 is 2.06 bits per heavy atom. The van der Waals surface area contributed by atoms with Crippen molar-refractivity contribution in [3.63, 3.8) is 0 Å². The molecule has 0 spiro atoms. The van der Waals surface area contributed by atoms with Crippen LogP contribution in [0.25, 0.3) is 0 Å². The molecular weight excluding hydrogens is 261 g/mol. The van der Waals surface area contributed by atoms with Crippen molar-refractivity contribution in [3.8, 4) is 11.8 Å². The number of nitriles is 1. The number of nitrogens with two attached hydrogens (primary N) is 1. The molecule has 0 amide bonds. The standard InChI is InChI=1S/C9H6F5N3O/c10-7(11)5-3-17-8(16)4(1-2-15)6(5)18-9(12,13)14/h3,7H,1H2,(H2,16,17). The highest BCUT2D eigenvalue weighted by atomic mass is 19.4. The van der Waals surface area contributed by atoms with Gasteiger partial charge in [0.2, 0.25) is 0 Å². The Balaban J connectivity index is 3.39. The van der Waals surface area contributed by atoms with Gasteiger partial charge in [-0.05, 0) is 0 Å². The minimum absolute atomic E-state index is 0.458. The molecule has 0 aliphatic rings. The zero-order valence-corrected chi connectivity index (χ0v) is 8.63. The molecule has 0 aliphatic heterocycles. The highest BCUT2D eigenvalue weighted by Gasteiger charge is 2.35. The van der Waals surface area contributed by atoms with Gasteiger partial charge < -0.3 is 10.5 Å². The number of nitrogen functional groups attached to an aromatic ring is 1. The fraction of sp³-hybridized carbons (Fsp3) is 0.333. The van der Waals surface area contributed by atoms with E-state index in [4.69, 9.17) is 11.0 Å². The average Bonchev–Trinajstić information content (AvgIpc) is 2.21. The van der Waals surface area contributed by atoms with Crippen molar-refractivity contribution in [2.24, 2.45) is 0 Å². The maximum absolute atomic E-state index is 12.5. The van der Waals surface area contributed by atoms with Gasteiger partial charge in [0.1, 0.15) is 11.6 Å². The molecule has 0 unspecified atom stereocenters. The van der Waals surface area contributed by atoms with E-state index in [1.807, 2.05) is 0 Å². The number of hydrogen-bond acceptors (Lipinski definition) is 4. The van der Waals surface area contributed by atoms with E-state index in [9.17, 15) is 22.0 Å². The molecule has 1 aromatic heterocycles. The van der Waals surface area contributed by atoms with Gasteiger partial charge >= 0.3 is 6.36 Å². The van der Waals surface area contributed by atoms with Crippen LogP contribution in [0.15, 0.2) is 6.20 Å². The third-order valence-corrected chi connectivity index (χ3v) is 1.90. The zero-order chi connectivity index (χ0) is 13.9. The Labute approximate surface area is 97.8 Å². The first-order chi connectivity index (χ1) is 8.26. The van der Waals surface area contributed by atoms with Crippen molar-refractivity contribution < 1.29 is 26.7 Å². The number of rotatable bonds is 3. The molecule has 4 nitrogen and oxygen atoms in total. The number of aromatic nitrogens is 1. The van der Waals surface area contributed by atoms with Gasteiger partial charge in [-0.1, -0.05) is 0 Å². The number of alkyl halides is 5. The van der Waals surface area contributed by atoms with Gasteiger partial charge in [-0.25, -0.2) is 13.8 Å². The van der Waals surface area contributed by atoms with Gasteiger partial charge in [0.25, 0.3) is 6.43 Å². The van der Waals surface area contributed by atoms with E-state index in [0.29, 0.717) is 6.20 Å². The van der Waals surface area contributed by atoms with Gasteiger partial charge in [0.15, 0.2) is 0 Å². The first-order valence-electron chi connectivity index (χ1n) is 4.44. The van der Waals surface area contributed by atoms with E-state index in [0.717, 1.165) is 0 Å². The van der Waals surface area contributed by atoms with E-state index >= 15 is 0 Å². The second kappa shape index (κ2) is 5.03. The molecule has 2 N–H and O–H groups in total. The first kappa shape index (κ1) is 14.0. The Hall–Kier alpha value is -2.11. The number of ether oxygens (including phenoxy) is 1. The van der Waals surface area contributed by atoms with E-state index in [1.54, 1.807) is 0 Å². The lowest BCUT2D eigenvalue weighted by molar-refractivity contribution is -0.275. The third kappa shape index (κ3) is 3.19. The van der Waals surface area contributed by atoms with Crippen LogP contribution in [-0.2, 0) is 6.42 Å². The Morgan fingerprint density at radius 1 is 1.44 bits per heavy atom. The molecule has 0 radical (unpaired) electrons. The van der Waals surface area contributed by atoms with Crippen LogP contribution in [0.2, 0.25) is 0 Å².